The number of alkyl halides is 1. The van der Waals surface area contributed by atoms with Crippen molar-refractivity contribution in [1.29, 1.82) is 0 Å². The van der Waals surface area contributed by atoms with E-state index < -0.39 is 0 Å². The fraction of sp³-hybridized carbons (Fsp3) is 0.833. The maximum Gasteiger partial charge on any atom is 0.138 e. The van der Waals surface area contributed by atoms with E-state index in [1.807, 2.05) is 4.68 Å². The summed E-state index contributed by atoms with van der Waals surface area (Å²) in [5.41, 5.74) is 0.0279. The Morgan fingerprint density at radius 3 is 3.06 bits per heavy atom. The number of nitrogens with zero attached hydrogens (tertiary/aromatic N) is 3. The van der Waals surface area contributed by atoms with Gasteiger partial charge in [0.1, 0.15) is 12.2 Å². The van der Waals surface area contributed by atoms with E-state index in [-0.39, 0.29) is 11.5 Å². The summed E-state index contributed by atoms with van der Waals surface area (Å²) in [5.74, 6) is 1.65. The lowest BCUT2D eigenvalue weighted by Gasteiger charge is -2.29. The fourth-order valence-electron chi connectivity index (χ4n) is 2.41. The normalized spacial score (nSPS) is 28.8. The topological polar surface area (TPSA) is 39.9 Å². The Hall–Kier alpha value is -0.610. The highest BCUT2D eigenvalue weighted by Crippen LogP contribution is 2.38. The van der Waals surface area contributed by atoms with Gasteiger partial charge in [-0.3, -0.25) is 4.68 Å². The monoisotopic (exact) mass is 257 g/mol. The van der Waals surface area contributed by atoms with Crippen molar-refractivity contribution in [2.24, 2.45) is 5.41 Å². The molecule has 4 nitrogen and oxygen atoms in total. The van der Waals surface area contributed by atoms with E-state index in [1.54, 1.807) is 6.33 Å². The molecule has 2 heterocycles. The first-order valence-corrected chi connectivity index (χ1v) is 6.79. The Balaban J connectivity index is 2.15. The second-order valence-electron chi connectivity index (χ2n) is 4.84. The molecule has 0 amide bonds. The van der Waals surface area contributed by atoms with E-state index >= 15 is 0 Å². The molecule has 0 saturated carbocycles. The lowest BCUT2D eigenvalue weighted by Crippen LogP contribution is -2.34. The molecule has 2 rings (SSSR count). The van der Waals surface area contributed by atoms with Crippen molar-refractivity contribution in [2.45, 2.75) is 45.8 Å². The van der Waals surface area contributed by atoms with E-state index in [4.69, 9.17) is 16.3 Å². The van der Waals surface area contributed by atoms with Crippen molar-refractivity contribution in [1.82, 2.24) is 14.8 Å². The second-order valence-corrected chi connectivity index (χ2v) is 5.10. The van der Waals surface area contributed by atoms with Crippen LogP contribution in [-0.4, -0.2) is 33.4 Å². The highest BCUT2D eigenvalue weighted by atomic mass is 35.5. The van der Waals surface area contributed by atoms with Crippen molar-refractivity contribution in [3.8, 4) is 0 Å². The van der Waals surface area contributed by atoms with Gasteiger partial charge in [0.2, 0.25) is 0 Å². The summed E-state index contributed by atoms with van der Waals surface area (Å²) in [6, 6.07) is 0. The first-order chi connectivity index (χ1) is 8.22. The third-order valence-corrected chi connectivity index (χ3v) is 4.27. The summed E-state index contributed by atoms with van der Waals surface area (Å²) in [6.45, 7) is 5.97. The molecule has 1 aromatic rings. The van der Waals surface area contributed by atoms with Crippen molar-refractivity contribution >= 4 is 11.6 Å². The quantitative estimate of drug-likeness (QED) is 0.760. The van der Waals surface area contributed by atoms with Crippen molar-refractivity contribution in [2.75, 3.05) is 12.5 Å². The minimum atomic E-state index is 0.0279. The zero-order chi connectivity index (χ0) is 12.3. The standard InChI is InChI=1S/C12H20ClN3O/c1-3-5-16-11(14-9-15-16)7-12(8-13)4-6-17-10(12)2/h9-10H,3-8H2,1-2H3. The molecule has 5 heteroatoms. The fourth-order valence-corrected chi connectivity index (χ4v) is 2.86. The Bertz CT molecular complexity index is 368. The summed E-state index contributed by atoms with van der Waals surface area (Å²) < 4.78 is 7.65. The molecule has 0 spiro atoms. The van der Waals surface area contributed by atoms with Crippen molar-refractivity contribution in [3.63, 3.8) is 0 Å². The lowest BCUT2D eigenvalue weighted by atomic mass is 9.80. The van der Waals surface area contributed by atoms with Gasteiger partial charge in [-0.15, -0.1) is 11.6 Å². The lowest BCUT2D eigenvalue weighted by molar-refractivity contribution is 0.0721. The molecule has 2 unspecified atom stereocenters. The number of hydrogen-bond donors (Lipinski definition) is 0. The van der Waals surface area contributed by atoms with Gasteiger partial charge in [0.05, 0.1) is 6.10 Å². The van der Waals surface area contributed by atoms with Crippen LogP contribution in [0, 0.1) is 5.41 Å². The van der Waals surface area contributed by atoms with Gasteiger partial charge in [0, 0.05) is 30.9 Å². The van der Waals surface area contributed by atoms with Gasteiger partial charge >= 0.3 is 0 Å². The molecule has 0 aliphatic carbocycles. The Labute approximate surface area is 107 Å². The predicted octanol–water partition coefficient (Wildman–Crippen LogP) is 2.26. The van der Waals surface area contributed by atoms with E-state index in [2.05, 4.69) is 23.9 Å². The maximum atomic E-state index is 6.17. The smallest absolute Gasteiger partial charge is 0.138 e. The number of halogens is 1. The highest BCUT2D eigenvalue weighted by Gasteiger charge is 2.41. The number of hydrogen-bond acceptors (Lipinski definition) is 3. The largest absolute Gasteiger partial charge is 0.378 e. The van der Waals surface area contributed by atoms with Crippen molar-refractivity contribution in [3.05, 3.63) is 12.2 Å². The molecule has 96 valence electrons. The van der Waals surface area contributed by atoms with E-state index in [0.29, 0.717) is 5.88 Å². The van der Waals surface area contributed by atoms with Gasteiger partial charge in [-0.1, -0.05) is 6.92 Å². The summed E-state index contributed by atoms with van der Waals surface area (Å²) >= 11 is 6.17. The van der Waals surface area contributed by atoms with Crippen LogP contribution in [0.2, 0.25) is 0 Å². The molecule has 2 atom stereocenters. The SMILES string of the molecule is CCCn1ncnc1CC1(CCl)CCOC1C. The van der Waals surface area contributed by atoms with Gasteiger partial charge in [0.15, 0.2) is 0 Å². The molecule has 1 aliphatic rings. The van der Waals surface area contributed by atoms with Crippen LogP contribution < -0.4 is 0 Å². The van der Waals surface area contributed by atoms with Gasteiger partial charge < -0.3 is 4.74 Å². The Morgan fingerprint density at radius 2 is 2.47 bits per heavy atom. The molecule has 0 bridgehead atoms. The van der Waals surface area contributed by atoms with Crippen LogP contribution in [0.25, 0.3) is 0 Å². The number of aromatic nitrogens is 3. The molecular weight excluding hydrogens is 238 g/mol. The maximum absolute atomic E-state index is 6.17. The van der Waals surface area contributed by atoms with Crippen LogP contribution in [0.15, 0.2) is 6.33 Å². The average molecular weight is 258 g/mol. The van der Waals surface area contributed by atoms with Crippen molar-refractivity contribution < 1.29 is 4.74 Å². The first-order valence-electron chi connectivity index (χ1n) is 6.26. The molecule has 1 aromatic heterocycles. The zero-order valence-electron chi connectivity index (χ0n) is 10.5. The minimum Gasteiger partial charge on any atom is -0.378 e. The molecule has 17 heavy (non-hydrogen) atoms. The second kappa shape index (κ2) is 5.36. The molecule has 0 radical (unpaired) electrons. The molecule has 1 saturated heterocycles. The first kappa shape index (κ1) is 12.8. The van der Waals surface area contributed by atoms with Gasteiger partial charge in [-0.2, -0.15) is 5.10 Å². The van der Waals surface area contributed by atoms with E-state index in [9.17, 15) is 0 Å². The molecular formula is C12H20ClN3O. The van der Waals surface area contributed by atoms with E-state index in [1.165, 1.54) is 0 Å². The summed E-state index contributed by atoms with van der Waals surface area (Å²) in [5, 5.41) is 4.26. The third kappa shape index (κ3) is 2.47. The van der Waals surface area contributed by atoms with Crippen LogP contribution in [0.5, 0.6) is 0 Å². The number of rotatable bonds is 5. The molecule has 0 aromatic carbocycles. The molecule has 1 aliphatic heterocycles. The Kier molecular flexibility index (Phi) is 4.05. The summed E-state index contributed by atoms with van der Waals surface area (Å²) in [7, 11) is 0. The summed E-state index contributed by atoms with van der Waals surface area (Å²) in [4.78, 5) is 4.36. The third-order valence-electron chi connectivity index (χ3n) is 3.74. The van der Waals surface area contributed by atoms with Gasteiger partial charge in [-0.05, 0) is 19.8 Å². The number of aryl methyl sites for hydroxylation is 1. The van der Waals surface area contributed by atoms with Crippen LogP contribution in [0.1, 0.15) is 32.5 Å². The van der Waals surface area contributed by atoms with Crippen LogP contribution >= 0.6 is 11.6 Å². The zero-order valence-corrected chi connectivity index (χ0v) is 11.3. The molecule has 0 N–H and O–H groups in total. The number of ether oxygens (including phenoxy) is 1. The van der Waals surface area contributed by atoms with Crippen LogP contribution in [0.4, 0.5) is 0 Å². The average Bonchev–Trinajstić information content (AvgIpc) is 2.89. The summed E-state index contributed by atoms with van der Waals surface area (Å²) in [6.07, 6.45) is 4.77. The minimum absolute atomic E-state index is 0.0279. The van der Waals surface area contributed by atoms with Gasteiger partial charge in [0.25, 0.3) is 0 Å². The van der Waals surface area contributed by atoms with Crippen LogP contribution in [0.3, 0.4) is 0 Å². The van der Waals surface area contributed by atoms with Crippen LogP contribution in [-0.2, 0) is 17.7 Å². The highest BCUT2D eigenvalue weighted by molar-refractivity contribution is 6.18. The molecule has 1 fully saturated rings. The Morgan fingerprint density at radius 1 is 1.65 bits per heavy atom. The predicted molar refractivity (Wildman–Crippen MR) is 67.2 cm³/mol. The van der Waals surface area contributed by atoms with Gasteiger partial charge in [-0.25, -0.2) is 4.98 Å². The van der Waals surface area contributed by atoms with E-state index in [0.717, 1.165) is 38.2 Å².